The average molecular weight is 424 g/mol. The van der Waals surface area contributed by atoms with E-state index in [1.165, 1.54) is 0 Å². The van der Waals surface area contributed by atoms with Gasteiger partial charge in [0.1, 0.15) is 6.10 Å². The molecule has 4 rings (SSSR count). The number of H-pyrrole nitrogens is 1. The van der Waals surface area contributed by atoms with Crippen LogP contribution in [0.25, 0.3) is 10.9 Å². The lowest BCUT2D eigenvalue weighted by molar-refractivity contribution is -0.0811. The molecular weight excluding hydrogens is 396 g/mol. The maximum Gasteiger partial charge on any atom is 0.254 e. The second-order valence-electron chi connectivity index (χ2n) is 7.78. The summed E-state index contributed by atoms with van der Waals surface area (Å²) in [7, 11) is 3.15. The number of nitrogens with one attached hydrogen (secondary N) is 1. The number of amides is 1. The zero-order valence-electron chi connectivity index (χ0n) is 18.3. The van der Waals surface area contributed by atoms with Crippen LogP contribution in [-0.4, -0.2) is 61.0 Å². The first-order valence-electron chi connectivity index (χ1n) is 10.3. The van der Waals surface area contributed by atoms with Gasteiger partial charge < -0.3 is 29.2 Å². The van der Waals surface area contributed by atoms with E-state index in [2.05, 4.69) is 4.98 Å². The van der Waals surface area contributed by atoms with Gasteiger partial charge in [-0.25, -0.2) is 0 Å². The van der Waals surface area contributed by atoms with Crippen molar-refractivity contribution in [2.45, 2.75) is 26.0 Å². The van der Waals surface area contributed by atoms with Gasteiger partial charge in [-0.05, 0) is 55.3 Å². The lowest BCUT2D eigenvalue weighted by Crippen LogP contribution is -2.49. The zero-order chi connectivity index (χ0) is 22.1. The van der Waals surface area contributed by atoms with E-state index in [4.69, 9.17) is 14.2 Å². The van der Waals surface area contributed by atoms with Crippen LogP contribution in [0.3, 0.4) is 0 Å². The van der Waals surface area contributed by atoms with E-state index in [0.29, 0.717) is 30.2 Å². The molecule has 1 saturated heterocycles. The van der Waals surface area contributed by atoms with Crippen LogP contribution < -0.4 is 9.47 Å². The van der Waals surface area contributed by atoms with E-state index >= 15 is 0 Å². The Morgan fingerprint density at radius 3 is 2.65 bits per heavy atom. The SMILES string of the molecule is COc1ccc([C@@H]2[C@@H](CO)OCCN2C(=O)c2ccc3[nH]c(C)c(C)c3c2)cc1OC. The molecule has 1 amide bonds. The molecule has 1 fully saturated rings. The number of aryl methyl sites for hydroxylation is 2. The minimum atomic E-state index is -0.532. The fourth-order valence-electron chi connectivity index (χ4n) is 4.31. The Balaban J connectivity index is 1.74. The van der Waals surface area contributed by atoms with Crippen molar-refractivity contribution >= 4 is 16.8 Å². The molecule has 2 heterocycles. The molecule has 0 bridgehead atoms. The molecule has 1 aliphatic heterocycles. The fraction of sp³-hybridized carbons (Fsp3) is 0.375. The third-order valence-corrected chi connectivity index (χ3v) is 6.10. The van der Waals surface area contributed by atoms with Crippen LogP contribution in [0.2, 0.25) is 0 Å². The summed E-state index contributed by atoms with van der Waals surface area (Å²) in [5, 5.41) is 11.0. The van der Waals surface area contributed by atoms with Gasteiger partial charge in [-0.15, -0.1) is 0 Å². The molecule has 0 unspecified atom stereocenters. The topological polar surface area (TPSA) is 84.0 Å². The fourth-order valence-corrected chi connectivity index (χ4v) is 4.31. The maximum absolute atomic E-state index is 13.6. The molecule has 3 aromatic rings. The predicted molar refractivity (Wildman–Crippen MR) is 118 cm³/mol. The Labute approximate surface area is 181 Å². The molecule has 0 saturated carbocycles. The van der Waals surface area contributed by atoms with Gasteiger partial charge in [0.15, 0.2) is 11.5 Å². The number of morpholine rings is 1. The van der Waals surface area contributed by atoms with Crippen LogP contribution in [0.1, 0.15) is 33.2 Å². The number of methoxy groups -OCH3 is 2. The van der Waals surface area contributed by atoms with Crippen LogP contribution in [0.15, 0.2) is 36.4 Å². The number of nitrogens with zero attached hydrogens (tertiary/aromatic N) is 1. The van der Waals surface area contributed by atoms with Crippen molar-refractivity contribution in [3.8, 4) is 11.5 Å². The van der Waals surface area contributed by atoms with Gasteiger partial charge >= 0.3 is 0 Å². The summed E-state index contributed by atoms with van der Waals surface area (Å²) >= 11 is 0. The summed E-state index contributed by atoms with van der Waals surface area (Å²) in [6.45, 7) is 4.67. The molecule has 1 aromatic heterocycles. The Morgan fingerprint density at radius 2 is 1.94 bits per heavy atom. The van der Waals surface area contributed by atoms with E-state index in [1.807, 2.05) is 44.2 Å². The lowest BCUT2D eigenvalue weighted by Gasteiger charge is -2.41. The molecule has 2 aromatic carbocycles. The number of carbonyl (C=O) groups is 1. The van der Waals surface area contributed by atoms with Crippen molar-refractivity contribution < 1.29 is 24.1 Å². The summed E-state index contributed by atoms with van der Waals surface area (Å²) < 4.78 is 16.6. The monoisotopic (exact) mass is 424 g/mol. The van der Waals surface area contributed by atoms with Crippen LogP contribution in [0, 0.1) is 13.8 Å². The largest absolute Gasteiger partial charge is 0.493 e. The Kier molecular flexibility index (Phi) is 5.89. The van der Waals surface area contributed by atoms with Crippen molar-refractivity contribution in [1.29, 1.82) is 0 Å². The van der Waals surface area contributed by atoms with Crippen molar-refractivity contribution in [2.24, 2.45) is 0 Å². The van der Waals surface area contributed by atoms with Crippen molar-refractivity contribution in [3.63, 3.8) is 0 Å². The quantitative estimate of drug-likeness (QED) is 0.656. The van der Waals surface area contributed by atoms with Crippen LogP contribution in [0.4, 0.5) is 0 Å². The van der Waals surface area contributed by atoms with Crippen LogP contribution in [-0.2, 0) is 4.74 Å². The van der Waals surface area contributed by atoms with E-state index < -0.39 is 12.1 Å². The van der Waals surface area contributed by atoms with Crippen molar-refractivity contribution in [1.82, 2.24) is 9.88 Å². The highest BCUT2D eigenvalue weighted by molar-refractivity contribution is 5.99. The number of carbonyl (C=O) groups excluding carboxylic acids is 1. The second kappa shape index (κ2) is 8.61. The molecule has 2 atom stereocenters. The number of ether oxygens (including phenoxy) is 3. The Morgan fingerprint density at radius 1 is 1.16 bits per heavy atom. The summed E-state index contributed by atoms with van der Waals surface area (Å²) in [5.74, 6) is 1.07. The van der Waals surface area contributed by atoms with E-state index in [-0.39, 0.29) is 12.5 Å². The first kappa shape index (κ1) is 21.2. The van der Waals surface area contributed by atoms with Gasteiger partial charge in [-0.1, -0.05) is 6.07 Å². The number of benzene rings is 2. The number of aromatic amines is 1. The second-order valence-corrected chi connectivity index (χ2v) is 7.78. The molecule has 7 nitrogen and oxygen atoms in total. The summed E-state index contributed by atoms with van der Waals surface area (Å²) in [4.78, 5) is 18.7. The normalized spacial score (nSPS) is 18.9. The minimum absolute atomic E-state index is 0.0957. The lowest BCUT2D eigenvalue weighted by atomic mass is 9.96. The van der Waals surface area contributed by atoms with Gasteiger partial charge in [0, 0.05) is 28.7 Å². The van der Waals surface area contributed by atoms with Crippen molar-refractivity contribution in [2.75, 3.05) is 34.0 Å². The molecule has 164 valence electrons. The summed E-state index contributed by atoms with van der Waals surface area (Å²) in [5.41, 5.74) is 4.67. The molecule has 0 aliphatic carbocycles. The molecule has 7 heteroatoms. The highest BCUT2D eigenvalue weighted by Gasteiger charge is 2.37. The average Bonchev–Trinajstić information content (AvgIpc) is 3.10. The molecule has 2 N–H and O–H groups in total. The smallest absolute Gasteiger partial charge is 0.254 e. The van der Waals surface area contributed by atoms with Gasteiger partial charge in [0.05, 0.1) is 33.5 Å². The molecule has 0 radical (unpaired) electrons. The first-order valence-corrected chi connectivity index (χ1v) is 10.3. The summed E-state index contributed by atoms with van der Waals surface area (Å²) in [6, 6.07) is 10.8. The number of fused-ring (bicyclic) bond motifs is 1. The number of rotatable bonds is 5. The number of aliphatic hydroxyl groups excluding tert-OH is 1. The van der Waals surface area contributed by atoms with E-state index in [1.54, 1.807) is 25.2 Å². The van der Waals surface area contributed by atoms with Crippen LogP contribution in [0.5, 0.6) is 11.5 Å². The number of hydrogen-bond acceptors (Lipinski definition) is 5. The number of hydrogen-bond donors (Lipinski definition) is 2. The summed E-state index contributed by atoms with van der Waals surface area (Å²) in [6.07, 6.45) is -0.532. The molecular formula is C24H28N2O5. The standard InChI is InChI=1S/C24H28N2O5/c1-14-15(2)25-19-7-5-17(11-18(14)19)24(28)26-9-10-31-22(13-27)23(26)16-6-8-20(29-3)21(12-16)30-4/h5-8,11-12,22-23,25,27H,9-10,13H2,1-4H3/t22-,23-/m1/s1. The van der Waals surface area contributed by atoms with E-state index in [9.17, 15) is 9.90 Å². The molecule has 1 aliphatic rings. The third kappa shape index (κ3) is 3.75. The Hall–Kier alpha value is -3.03. The maximum atomic E-state index is 13.6. The highest BCUT2D eigenvalue weighted by Crippen LogP contribution is 2.36. The molecule has 31 heavy (non-hydrogen) atoms. The predicted octanol–water partition coefficient (Wildman–Crippen LogP) is 3.38. The minimum Gasteiger partial charge on any atom is -0.493 e. The van der Waals surface area contributed by atoms with Crippen molar-refractivity contribution in [3.05, 3.63) is 58.8 Å². The zero-order valence-corrected chi connectivity index (χ0v) is 18.3. The van der Waals surface area contributed by atoms with Gasteiger partial charge in [-0.3, -0.25) is 4.79 Å². The van der Waals surface area contributed by atoms with E-state index in [0.717, 1.165) is 27.7 Å². The van der Waals surface area contributed by atoms with Gasteiger partial charge in [0.2, 0.25) is 0 Å². The first-order chi connectivity index (χ1) is 15.0. The highest BCUT2D eigenvalue weighted by atomic mass is 16.5. The Bertz CT molecular complexity index is 1110. The number of aliphatic hydroxyl groups is 1. The van der Waals surface area contributed by atoms with Gasteiger partial charge in [0.25, 0.3) is 5.91 Å². The molecule has 0 spiro atoms. The van der Waals surface area contributed by atoms with Crippen LogP contribution >= 0.6 is 0 Å². The number of aromatic nitrogens is 1. The third-order valence-electron chi connectivity index (χ3n) is 6.10. The van der Waals surface area contributed by atoms with Gasteiger partial charge in [-0.2, -0.15) is 0 Å².